The lowest BCUT2D eigenvalue weighted by molar-refractivity contribution is 0.477. The Hall–Kier alpha value is -1.62. The molecule has 2 aromatic rings. The van der Waals surface area contributed by atoms with Gasteiger partial charge in [-0.05, 0) is 13.3 Å². The SMILES string of the molecule is CCCCCCCCC[C@H](C)NCc1c[nH]c2c(N)ncnc12. The van der Waals surface area contributed by atoms with Crippen LogP contribution in [0.25, 0.3) is 11.0 Å². The molecule has 0 fully saturated rings. The molecular formula is C18H31N5. The smallest absolute Gasteiger partial charge is 0.151 e. The largest absolute Gasteiger partial charge is 0.382 e. The molecule has 0 bridgehead atoms. The van der Waals surface area contributed by atoms with Gasteiger partial charge in [0.1, 0.15) is 11.8 Å². The summed E-state index contributed by atoms with van der Waals surface area (Å²) in [5.41, 5.74) is 8.76. The molecule has 0 saturated heterocycles. The molecule has 23 heavy (non-hydrogen) atoms. The molecule has 0 amide bonds. The number of H-pyrrole nitrogens is 1. The molecule has 5 heteroatoms. The second-order valence-corrected chi connectivity index (χ2v) is 6.49. The quantitative estimate of drug-likeness (QED) is 0.544. The number of nitrogens with two attached hydrogens (primary N) is 1. The third kappa shape index (κ3) is 5.50. The van der Waals surface area contributed by atoms with Crippen LogP contribution in [-0.4, -0.2) is 21.0 Å². The Morgan fingerprint density at radius 3 is 2.65 bits per heavy atom. The van der Waals surface area contributed by atoms with Crippen LogP contribution in [0.15, 0.2) is 12.5 Å². The molecule has 0 aromatic carbocycles. The lowest BCUT2D eigenvalue weighted by atomic mass is 10.1. The van der Waals surface area contributed by atoms with Crippen molar-refractivity contribution in [1.82, 2.24) is 20.3 Å². The van der Waals surface area contributed by atoms with Crippen molar-refractivity contribution in [2.45, 2.75) is 77.8 Å². The number of nitrogens with zero attached hydrogens (tertiary/aromatic N) is 2. The highest BCUT2D eigenvalue weighted by Gasteiger charge is 2.09. The maximum absolute atomic E-state index is 5.85. The van der Waals surface area contributed by atoms with E-state index in [9.17, 15) is 0 Å². The van der Waals surface area contributed by atoms with Crippen LogP contribution >= 0.6 is 0 Å². The molecule has 0 aliphatic rings. The minimum absolute atomic E-state index is 0.511. The van der Waals surface area contributed by atoms with Gasteiger partial charge >= 0.3 is 0 Å². The summed E-state index contributed by atoms with van der Waals surface area (Å²) in [6.45, 7) is 5.34. The van der Waals surface area contributed by atoms with Gasteiger partial charge in [-0.3, -0.25) is 0 Å². The van der Waals surface area contributed by atoms with Gasteiger partial charge < -0.3 is 16.0 Å². The summed E-state index contributed by atoms with van der Waals surface area (Å²) in [5, 5.41) is 3.59. The highest BCUT2D eigenvalue weighted by Crippen LogP contribution is 2.19. The monoisotopic (exact) mass is 317 g/mol. The molecule has 0 aliphatic carbocycles. The van der Waals surface area contributed by atoms with Crippen LogP contribution in [0.3, 0.4) is 0 Å². The molecule has 0 radical (unpaired) electrons. The number of hydrogen-bond donors (Lipinski definition) is 3. The number of nitrogens with one attached hydrogen (secondary N) is 2. The first-order chi connectivity index (χ1) is 11.2. The van der Waals surface area contributed by atoms with Gasteiger partial charge in [0.15, 0.2) is 5.82 Å². The molecule has 2 rings (SSSR count). The van der Waals surface area contributed by atoms with E-state index in [1.165, 1.54) is 57.7 Å². The van der Waals surface area contributed by atoms with Crippen molar-refractivity contribution in [2.24, 2.45) is 0 Å². The van der Waals surface area contributed by atoms with E-state index in [2.05, 4.69) is 34.1 Å². The van der Waals surface area contributed by atoms with E-state index in [-0.39, 0.29) is 0 Å². The summed E-state index contributed by atoms with van der Waals surface area (Å²) < 4.78 is 0. The van der Waals surface area contributed by atoms with Gasteiger partial charge in [0.25, 0.3) is 0 Å². The predicted molar refractivity (Wildman–Crippen MR) is 97.2 cm³/mol. The molecule has 2 aromatic heterocycles. The van der Waals surface area contributed by atoms with Crippen LogP contribution in [0.1, 0.15) is 70.8 Å². The van der Waals surface area contributed by atoms with Gasteiger partial charge in [0.05, 0.1) is 5.52 Å². The molecule has 5 nitrogen and oxygen atoms in total. The molecule has 0 spiro atoms. The van der Waals surface area contributed by atoms with E-state index in [1.807, 2.05) is 6.20 Å². The Morgan fingerprint density at radius 2 is 1.87 bits per heavy atom. The Bertz CT molecular complexity index is 578. The third-order valence-electron chi connectivity index (χ3n) is 4.45. The minimum atomic E-state index is 0.511. The fourth-order valence-electron chi connectivity index (χ4n) is 2.94. The predicted octanol–water partition coefficient (Wildman–Crippen LogP) is 4.16. The minimum Gasteiger partial charge on any atom is -0.382 e. The first kappa shape index (κ1) is 17.7. The number of fused-ring (bicyclic) bond motifs is 1. The van der Waals surface area contributed by atoms with Gasteiger partial charge in [-0.1, -0.05) is 51.9 Å². The average Bonchev–Trinajstić information content (AvgIpc) is 2.97. The summed E-state index contributed by atoms with van der Waals surface area (Å²) in [7, 11) is 0. The van der Waals surface area contributed by atoms with Gasteiger partial charge in [-0.25, -0.2) is 9.97 Å². The van der Waals surface area contributed by atoms with Crippen LogP contribution in [0.5, 0.6) is 0 Å². The average molecular weight is 317 g/mol. The Balaban J connectivity index is 1.66. The molecule has 2 heterocycles. The van der Waals surface area contributed by atoms with Crippen molar-refractivity contribution in [2.75, 3.05) is 5.73 Å². The lowest BCUT2D eigenvalue weighted by Gasteiger charge is -2.13. The summed E-state index contributed by atoms with van der Waals surface area (Å²) in [4.78, 5) is 11.5. The van der Waals surface area contributed by atoms with E-state index in [4.69, 9.17) is 5.73 Å². The van der Waals surface area contributed by atoms with Crippen molar-refractivity contribution in [1.29, 1.82) is 0 Å². The van der Waals surface area contributed by atoms with Crippen LogP contribution in [0.2, 0.25) is 0 Å². The first-order valence-corrected chi connectivity index (χ1v) is 9.02. The van der Waals surface area contributed by atoms with E-state index in [1.54, 1.807) is 0 Å². The number of hydrogen-bond acceptors (Lipinski definition) is 4. The zero-order chi connectivity index (χ0) is 16.5. The Labute approximate surface area is 139 Å². The fourth-order valence-corrected chi connectivity index (χ4v) is 2.94. The summed E-state index contributed by atoms with van der Waals surface area (Å²) in [6.07, 6.45) is 14.3. The number of aromatic nitrogens is 3. The molecular weight excluding hydrogens is 286 g/mol. The zero-order valence-electron chi connectivity index (χ0n) is 14.6. The maximum atomic E-state index is 5.85. The molecule has 1 atom stereocenters. The van der Waals surface area contributed by atoms with E-state index < -0.39 is 0 Å². The molecule has 0 aliphatic heterocycles. The normalized spacial score (nSPS) is 12.8. The van der Waals surface area contributed by atoms with Gasteiger partial charge in [-0.2, -0.15) is 0 Å². The number of unbranched alkanes of at least 4 members (excludes halogenated alkanes) is 6. The standard InChI is InChI=1S/C18H31N5/c1-3-4-5-6-7-8-9-10-14(2)20-11-15-12-21-17-16(15)22-13-23-18(17)19/h12-14,20-21H,3-11H2,1-2H3,(H2,19,22,23)/t14-/m0/s1. The number of nitrogen functional groups attached to an aromatic ring is 1. The fraction of sp³-hybridized carbons (Fsp3) is 0.667. The van der Waals surface area contributed by atoms with E-state index >= 15 is 0 Å². The van der Waals surface area contributed by atoms with Crippen LogP contribution < -0.4 is 11.1 Å². The second-order valence-electron chi connectivity index (χ2n) is 6.49. The summed E-state index contributed by atoms with van der Waals surface area (Å²) in [5.74, 6) is 0.511. The second kappa shape index (κ2) is 9.50. The van der Waals surface area contributed by atoms with Crippen molar-refractivity contribution in [3.63, 3.8) is 0 Å². The van der Waals surface area contributed by atoms with Crippen LogP contribution in [-0.2, 0) is 6.54 Å². The van der Waals surface area contributed by atoms with E-state index in [0.717, 1.165) is 23.1 Å². The van der Waals surface area contributed by atoms with Gasteiger partial charge in [-0.15, -0.1) is 0 Å². The molecule has 128 valence electrons. The van der Waals surface area contributed by atoms with Gasteiger partial charge in [0, 0.05) is 24.3 Å². The number of aromatic amines is 1. The third-order valence-corrected chi connectivity index (χ3v) is 4.45. The van der Waals surface area contributed by atoms with E-state index in [0.29, 0.717) is 11.9 Å². The van der Waals surface area contributed by atoms with Gasteiger partial charge in [0.2, 0.25) is 0 Å². The Morgan fingerprint density at radius 1 is 1.13 bits per heavy atom. The van der Waals surface area contributed by atoms with Crippen LogP contribution in [0.4, 0.5) is 5.82 Å². The van der Waals surface area contributed by atoms with Crippen molar-refractivity contribution < 1.29 is 0 Å². The summed E-state index contributed by atoms with van der Waals surface area (Å²) >= 11 is 0. The zero-order valence-corrected chi connectivity index (χ0v) is 14.6. The topological polar surface area (TPSA) is 79.6 Å². The number of rotatable bonds is 11. The van der Waals surface area contributed by atoms with Crippen LogP contribution in [0, 0.1) is 0 Å². The first-order valence-electron chi connectivity index (χ1n) is 9.02. The van der Waals surface area contributed by atoms with Crippen molar-refractivity contribution >= 4 is 16.9 Å². The lowest BCUT2D eigenvalue weighted by Crippen LogP contribution is -2.25. The highest BCUT2D eigenvalue weighted by molar-refractivity contribution is 5.86. The molecule has 0 saturated carbocycles. The molecule has 0 unspecified atom stereocenters. The number of anilines is 1. The highest BCUT2D eigenvalue weighted by atomic mass is 15.0. The molecule has 4 N–H and O–H groups in total. The van der Waals surface area contributed by atoms with Crippen molar-refractivity contribution in [3.8, 4) is 0 Å². The van der Waals surface area contributed by atoms with Crippen molar-refractivity contribution in [3.05, 3.63) is 18.1 Å². The Kier molecular flexibility index (Phi) is 7.33. The summed E-state index contributed by atoms with van der Waals surface area (Å²) in [6, 6.07) is 0.523. The maximum Gasteiger partial charge on any atom is 0.151 e.